The first-order valence-corrected chi connectivity index (χ1v) is 9.84. The lowest BCUT2D eigenvalue weighted by atomic mass is 10.2. The topological polar surface area (TPSA) is 73.5 Å². The second kappa shape index (κ2) is 10.5. The Morgan fingerprint density at radius 3 is 2.24 bits per heavy atom. The molecule has 3 aromatic rings. The van der Waals surface area contributed by atoms with Crippen LogP contribution in [0.25, 0.3) is 0 Å². The van der Waals surface area contributed by atoms with Crippen molar-refractivity contribution >= 4 is 29.1 Å². The van der Waals surface area contributed by atoms with Gasteiger partial charge in [0, 0.05) is 24.5 Å². The van der Waals surface area contributed by atoms with E-state index in [1.165, 1.54) is 35.2 Å². The molecular weight excluding hydrogens is 440 g/mol. The number of anilines is 3. The van der Waals surface area contributed by atoms with Gasteiger partial charge in [-0.1, -0.05) is 36.4 Å². The maximum Gasteiger partial charge on any atom is 0.416 e. The van der Waals surface area contributed by atoms with Gasteiger partial charge < -0.3 is 16.0 Å². The van der Waals surface area contributed by atoms with E-state index in [0.717, 1.165) is 12.1 Å². The smallest absolute Gasteiger partial charge is 0.336 e. The number of alkyl halides is 3. The summed E-state index contributed by atoms with van der Waals surface area (Å²) < 4.78 is 52.5. The molecular formula is C23H20F4N4O2. The molecule has 0 saturated carbocycles. The molecule has 6 nitrogen and oxygen atoms in total. The van der Waals surface area contributed by atoms with Crippen molar-refractivity contribution in [1.29, 1.82) is 0 Å². The maximum absolute atomic E-state index is 13.7. The highest BCUT2D eigenvalue weighted by atomic mass is 19.4. The van der Waals surface area contributed by atoms with Gasteiger partial charge in [0.2, 0.25) is 0 Å². The van der Waals surface area contributed by atoms with Gasteiger partial charge >= 0.3 is 18.2 Å². The van der Waals surface area contributed by atoms with E-state index in [-0.39, 0.29) is 24.5 Å². The summed E-state index contributed by atoms with van der Waals surface area (Å²) in [5, 5.41) is 7.33. The molecule has 172 valence electrons. The molecule has 0 heterocycles. The lowest BCUT2D eigenvalue weighted by Crippen LogP contribution is -2.42. The molecule has 3 aromatic carbocycles. The third kappa shape index (κ3) is 6.70. The normalized spacial score (nSPS) is 10.9. The standard InChI is InChI=1S/C23H20F4N4O2/c24-19-11-4-5-12-20(19)30-21(32)28-13-14-31(18-9-2-1-3-10-18)22(33)29-17-8-6-7-16(15-17)23(25,26)27/h1-12,15H,13-14H2,(H,29,33)(H2,28,30,32). The first-order valence-electron chi connectivity index (χ1n) is 9.84. The Balaban J connectivity index is 1.66. The SMILES string of the molecule is O=C(NCCN(C(=O)Nc1cccc(C(F)(F)F)c1)c1ccccc1)Nc1ccccc1F. The second-order valence-electron chi connectivity index (χ2n) is 6.86. The Labute approximate surface area is 187 Å². The first kappa shape index (κ1) is 23.6. The third-order valence-corrected chi connectivity index (χ3v) is 4.50. The van der Waals surface area contributed by atoms with Crippen molar-refractivity contribution in [3.63, 3.8) is 0 Å². The van der Waals surface area contributed by atoms with Crippen LogP contribution in [-0.2, 0) is 6.18 Å². The third-order valence-electron chi connectivity index (χ3n) is 4.50. The van der Waals surface area contributed by atoms with Crippen LogP contribution >= 0.6 is 0 Å². The van der Waals surface area contributed by atoms with E-state index >= 15 is 0 Å². The maximum atomic E-state index is 13.7. The molecule has 0 radical (unpaired) electrons. The minimum atomic E-state index is -4.55. The van der Waals surface area contributed by atoms with E-state index in [9.17, 15) is 27.2 Å². The van der Waals surface area contributed by atoms with Crippen molar-refractivity contribution in [2.45, 2.75) is 6.18 Å². The number of amides is 4. The summed E-state index contributed by atoms with van der Waals surface area (Å²) in [6, 6.07) is 17.0. The van der Waals surface area contributed by atoms with Crippen LogP contribution in [0, 0.1) is 5.82 Å². The van der Waals surface area contributed by atoms with E-state index in [1.807, 2.05) is 0 Å². The van der Waals surface area contributed by atoms with Gasteiger partial charge in [0.15, 0.2) is 0 Å². The van der Waals surface area contributed by atoms with Crippen LogP contribution in [0.2, 0.25) is 0 Å². The molecule has 3 N–H and O–H groups in total. The zero-order chi connectivity index (χ0) is 23.8. The summed E-state index contributed by atoms with van der Waals surface area (Å²) >= 11 is 0. The van der Waals surface area contributed by atoms with Crippen LogP contribution in [0.15, 0.2) is 78.9 Å². The number of urea groups is 2. The molecule has 0 saturated heterocycles. The van der Waals surface area contributed by atoms with Gasteiger partial charge in [-0.15, -0.1) is 0 Å². The number of carbonyl (C=O) groups is 2. The predicted molar refractivity (Wildman–Crippen MR) is 118 cm³/mol. The van der Waals surface area contributed by atoms with Crippen LogP contribution in [-0.4, -0.2) is 25.2 Å². The van der Waals surface area contributed by atoms with Crippen molar-refractivity contribution in [1.82, 2.24) is 5.32 Å². The molecule has 0 fully saturated rings. The van der Waals surface area contributed by atoms with E-state index in [1.54, 1.807) is 36.4 Å². The molecule has 0 atom stereocenters. The highest BCUT2D eigenvalue weighted by Gasteiger charge is 2.30. The van der Waals surface area contributed by atoms with Crippen LogP contribution in [0.1, 0.15) is 5.56 Å². The molecule has 0 spiro atoms. The number of para-hydroxylation sites is 2. The zero-order valence-corrected chi connectivity index (χ0v) is 17.2. The zero-order valence-electron chi connectivity index (χ0n) is 17.2. The predicted octanol–water partition coefficient (Wildman–Crippen LogP) is 5.70. The minimum Gasteiger partial charge on any atom is -0.336 e. The number of carbonyl (C=O) groups excluding carboxylic acids is 2. The lowest BCUT2D eigenvalue weighted by molar-refractivity contribution is -0.137. The average molecular weight is 460 g/mol. The van der Waals surface area contributed by atoms with E-state index in [0.29, 0.717) is 5.69 Å². The number of nitrogens with zero attached hydrogens (tertiary/aromatic N) is 1. The van der Waals surface area contributed by atoms with Gasteiger partial charge in [0.25, 0.3) is 0 Å². The largest absolute Gasteiger partial charge is 0.416 e. The van der Waals surface area contributed by atoms with Crippen molar-refractivity contribution in [3.05, 3.63) is 90.2 Å². The summed E-state index contributed by atoms with van der Waals surface area (Å²) in [6.07, 6.45) is -4.55. The van der Waals surface area contributed by atoms with Crippen molar-refractivity contribution in [2.75, 3.05) is 28.6 Å². The highest BCUT2D eigenvalue weighted by Crippen LogP contribution is 2.30. The summed E-state index contributed by atoms with van der Waals surface area (Å²) in [5.74, 6) is -0.598. The molecule has 3 rings (SSSR count). The number of hydrogen-bond donors (Lipinski definition) is 3. The monoisotopic (exact) mass is 460 g/mol. The average Bonchev–Trinajstić information content (AvgIpc) is 2.78. The number of nitrogens with one attached hydrogen (secondary N) is 3. The van der Waals surface area contributed by atoms with Crippen LogP contribution in [0.3, 0.4) is 0 Å². The van der Waals surface area contributed by atoms with Gasteiger partial charge in [-0.25, -0.2) is 14.0 Å². The number of hydrogen-bond acceptors (Lipinski definition) is 2. The summed E-state index contributed by atoms with van der Waals surface area (Å²) in [4.78, 5) is 26.2. The quantitative estimate of drug-likeness (QED) is 0.413. The van der Waals surface area contributed by atoms with Crippen LogP contribution in [0.5, 0.6) is 0 Å². The molecule has 4 amide bonds. The summed E-state index contributed by atoms with van der Waals surface area (Å²) in [5.41, 5.74) is -0.449. The van der Waals surface area contributed by atoms with Gasteiger partial charge in [-0.2, -0.15) is 13.2 Å². The molecule has 0 aliphatic rings. The molecule has 0 aromatic heterocycles. The first-order chi connectivity index (χ1) is 15.7. The molecule has 33 heavy (non-hydrogen) atoms. The van der Waals surface area contributed by atoms with Crippen LogP contribution in [0.4, 0.5) is 44.2 Å². The molecule has 0 bridgehead atoms. The van der Waals surface area contributed by atoms with Gasteiger partial charge in [0.05, 0.1) is 11.3 Å². The fourth-order valence-corrected chi connectivity index (χ4v) is 2.93. The van der Waals surface area contributed by atoms with Crippen LogP contribution < -0.4 is 20.9 Å². The van der Waals surface area contributed by atoms with Crippen molar-refractivity contribution < 1.29 is 27.2 Å². The Morgan fingerprint density at radius 2 is 1.55 bits per heavy atom. The molecule has 0 unspecified atom stereocenters. The van der Waals surface area contributed by atoms with Gasteiger partial charge in [0.1, 0.15) is 5.82 Å². The van der Waals surface area contributed by atoms with Crippen molar-refractivity contribution in [2.24, 2.45) is 0 Å². The molecule has 0 aliphatic heterocycles. The number of rotatable bonds is 6. The second-order valence-corrected chi connectivity index (χ2v) is 6.86. The fourth-order valence-electron chi connectivity index (χ4n) is 2.93. The molecule has 0 aliphatic carbocycles. The summed E-state index contributed by atoms with van der Waals surface area (Å²) in [7, 11) is 0. The Kier molecular flexibility index (Phi) is 7.50. The van der Waals surface area contributed by atoms with E-state index in [2.05, 4.69) is 16.0 Å². The summed E-state index contributed by atoms with van der Waals surface area (Å²) in [6.45, 7) is -0.00924. The van der Waals surface area contributed by atoms with E-state index < -0.39 is 29.6 Å². The minimum absolute atomic E-state index is 0.000496. The number of halogens is 4. The number of benzene rings is 3. The molecule has 10 heteroatoms. The van der Waals surface area contributed by atoms with Crippen molar-refractivity contribution in [3.8, 4) is 0 Å². The van der Waals surface area contributed by atoms with Gasteiger partial charge in [-0.05, 0) is 42.5 Å². The Hall–Kier alpha value is -4.08. The Morgan fingerprint density at radius 1 is 0.848 bits per heavy atom. The van der Waals surface area contributed by atoms with E-state index in [4.69, 9.17) is 0 Å². The highest BCUT2D eigenvalue weighted by molar-refractivity contribution is 6.01. The lowest BCUT2D eigenvalue weighted by Gasteiger charge is -2.24. The Bertz CT molecular complexity index is 1110. The van der Waals surface area contributed by atoms with Gasteiger partial charge in [-0.3, -0.25) is 4.90 Å². The fraction of sp³-hybridized carbons (Fsp3) is 0.130.